The second kappa shape index (κ2) is 11.7. The fourth-order valence-electron chi connectivity index (χ4n) is 3.59. The van der Waals surface area contributed by atoms with Gasteiger partial charge in [0.05, 0.1) is 23.3 Å². The van der Waals surface area contributed by atoms with Crippen LogP contribution in [0.15, 0.2) is 24.3 Å². The Morgan fingerprint density at radius 1 is 1.20 bits per heavy atom. The van der Waals surface area contributed by atoms with E-state index in [0.717, 1.165) is 25.7 Å². The number of rotatable bonds is 10. The molecule has 8 heteroatoms. The molecule has 1 aromatic carbocycles. The molecule has 0 bridgehead atoms. The molecule has 1 atom stereocenters. The lowest BCUT2D eigenvalue weighted by Crippen LogP contribution is -2.47. The molecule has 0 aliphatic carbocycles. The van der Waals surface area contributed by atoms with Gasteiger partial charge in [-0.3, -0.25) is 9.59 Å². The topological polar surface area (TPSA) is 107 Å². The minimum Gasteiger partial charge on any atom is -0.356 e. The van der Waals surface area contributed by atoms with Gasteiger partial charge >= 0.3 is 0 Å². The minimum absolute atomic E-state index is 0.0514. The van der Waals surface area contributed by atoms with Crippen LogP contribution in [0.2, 0.25) is 0 Å². The molecule has 0 spiro atoms. The zero-order valence-corrected chi connectivity index (χ0v) is 18.4. The first-order valence-corrected chi connectivity index (χ1v) is 12.4. The Morgan fingerprint density at radius 2 is 1.93 bits per heavy atom. The summed E-state index contributed by atoms with van der Waals surface area (Å²) in [6.07, 6.45) is 5.73. The van der Waals surface area contributed by atoms with Crippen LogP contribution in [0.25, 0.3) is 0 Å². The fourth-order valence-corrected chi connectivity index (χ4v) is 4.95. The average Bonchev–Trinajstić information content (AvgIpc) is 2.73. The molecule has 1 aromatic rings. The van der Waals surface area contributed by atoms with E-state index in [2.05, 4.69) is 12.2 Å². The van der Waals surface area contributed by atoms with Crippen molar-refractivity contribution in [2.24, 2.45) is 5.92 Å². The van der Waals surface area contributed by atoms with Gasteiger partial charge in [-0.05, 0) is 37.0 Å². The van der Waals surface area contributed by atoms with Crippen LogP contribution in [0.1, 0.15) is 56.6 Å². The number of nitrogens with zero attached hydrogens (tertiary/aromatic N) is 2. The molecule has 0 aromatic heterocycles. The number of unbranched alkanes of at least 4 members (excludes halogenated alkanes) is 3. The van der Waals surface area contributed by atoms with Gasteiger partial charge in [0.1, 0.15) is 5.75 Å². The van der Waals surface area contributed by atoms with E-state index in [-0.39, 0.29) is 24.1 Å². The van der Waals surface area contributed by atoms with E-state index in [4.69, 9.17) is 5.26 Å². The summed E-state index contributed by atoms with van der Waals surface area (Å²) in [5.74, 6) is -1.61. The fraction of sp³-hybridized carbons (Fsp3) is 0.591. The number of sulfone groups is 1. The first-order valence-electron chi connectivity index (χ1n) is 10.6. The molecule has 1 aliphatic rings. The summed E-state index contributed by atoms with van der Waals surface area (Å²) in [4.78, 5) is 26.5. The predicted octanol–water partition coefficient (Wildman–Crippen LogP) is 2.41. The molecule has 2 rings (SSSR count). The molecule has 1 aliphatic heterocycles. The Bertz CT molecular complexity index is 859. The van der Waals surface area contributed by atoms with Crippen molar-refractivity contribution < 1.29 is 18.0 Å². The molecule has 7 nitrogen and oxygen atoms in total. The largest absolute Gasteiger partial charge is 0.356 e. The van der Waals surface area contributed by atoms with E-state index in [0.29, 0.717) is 37.1 Å². The van der Waals surface area contributed by atoms with E-state index in [1.54, 1.807) is 24.3 Å². The number of carbonyl (C=O) groups is 2. The molecule has 1 heterocycles. The summed E-state index contributed by atoms with van der Waals surface area (Å²) in [7, 11) is -3.64. The summed E-state index contributed by atoms with van der Waals surface area (Å²) in [5.41, 5.74) is 0.996. The van der Waals surface area contributed by atoms with Crippen LogP contribution < -0.4 is 5.32 Å². The first kappa shape index (κ1) is 23.9. The highest BCUT2D eigenvalue weighted by molar-refractivity contribution is 7.91. The Hall–Kier alpha value is -2.40. The molecule has 1 N–H and O–H groups in total. The van der Waals surface area contributed by atoms with Crippen molar-refractivity contribution in [2.75, 3.05) is 25.4 Å². The molecule has 1 unspecified atom stereocenters. The highest BCUT2D eigenvalue weighted by Gasteiger charge is 2.30. The Labute approximate surface area is 179 Å². The number of hydrogen-bond donors (Lipinski definition) is 1. The smallest absolute Gasteiger partial charge is 0.237 e. The van der Waals surface area contributed by atoms with Crippen molar-refractivity contribution in [3.05, 3.63) is 35.4 Å². The third-order valence-corrected chi connectivity index (χ3v) is 6.75. The minimum atomic E-state index is -3.64. The highest BCUT2D eigenvalue weighted by atomic mass is 32.2. The highest BCUT2D eigenvalue weighted by Crippen LogP contribution is 2.18. The maximum Gasteiger partial charge on any atom is 0.237 e. The average molecular weight is 434 g/mol. The maximum absolute atomic E-state index is 12.6. The number of benzene rings is 1. The monoisotopic (exact) mass is 433 g/mol. The maximum atomic E-state index is 12.6. The van der Waals surface area contributed by atoms with Crippen molar-refractivity contribution >= 4 is 21.7 Å². The van der Waals surface area contributed by atoms with Gasteiger partial charge in [0.25, 0.3) is 0 Å². The lowest BCUT2D eigenvalue weighted by molar-refractivity contribution is -0.133. The van der Waals surface area contributed by atoms with Crippen LogP contribution in [-0.2, 0) is 25.2 Å². The van der Waals surface area contributed by atoms with Gasteiger partial charge < -0.3 is 10.2 Å². The number of nitriles is 1. The number of hydrogen-bond acceptors (Lipinski definition) is 5. The van der Waals surface area contributed by atoms with Gasteiger partial charge in [-0.25, -0.2) is 8.42 Å². The zero-order valence-electron chi connectivity index (χ0n) is 17.6. The van der Waals surface area contributed by atoms with Gasteiger partial charge in [-0.2, -0.15) is 5.26 Å². The predicted molar refractivity (Wildman–Crippen MR) is 115 cm³/mol. The summed E-state index contributed by atoms with van der Waals surface area (Å²) in [6, 6.07) is 8.27. The number of likely N-dealkylation sites (tertiary alicyclic amines) is 1. The van der Waals surface area contributed by atoms with Crippen LogP contribution in [-0.4, -0.2) is 50.5 Å². The Balaban J connectivity index is 1.84. The molecule has 0 radical (unpaired) electrons. The number of nitrogens with one attached hydrogen (secondary N) is 1. The first-order chi connectivity index (χ1) is 14.3. The standard InChI is InChI=1S/C22H31N3O4S/c1-2-3-4-5-12-24-22(27)20-7-6-13-25(15-20)21(26)17-30(28,29)16-19-10-8-18(14-23)9-11-19/h8-11,20H,2-7,12-13,15-17H2,1H3,(H,24,27). The third-order valence-electron chi connectivity index (χ3n) is 5.29. The molecule has 1 saturated heterocycles. The number of amides is 2. The molecule has 0 saturated carbocycles. The van der Waals surface area contributed by atoms with Gasteiger partial charge in [0, 0.05) is 19.6 Å². The van der Waals surface area contributed by atoms with Crippen LogP contribution in [0.3, 0.4) is 0 Å². The second-order valence-corrected chi connectivity index (χ2v) is 9.94. The quantitative estimate of drug-likeness (QED) is 0.570. The second-order valence-electron chi connectivity index (χ2n) is 7.87. The van der Waals surface area contributed by atoms with Crippen LogP contribution in [0.4, 0.5) is 0 Å². The lowest BCUT2D eigenvalue weighted by atomic mass is 9.97. The summed E-state index contributed by atoms with van der Waals surface area (Å²) >= 11 is 0. The van der Waals surface area contributed by atoms with Crippen LogP contribution >= 0.6 is 0 Å². The van der Waals surface area contributed by atoms with E-state index >= 15 is 0 Å². The van der Waals surface area contributed by atoms with Crippen molar-refractivity contribution in [1.82, 2.24) is 10.2 Å². The molecular weight excluding hydrogens is 402 g/mol. The molecular formula is C22H31N3O4S. The van der Waals surface area contributed by atoms with Gasteiger partial charge in [-0.1, -0.05) is 38.3 Å². The van der Waals surface area contributed by atoms with Gasteiger partial charge in [0.2, 0.25) is 11.8 Å². The van der Waals surface area contributed by atoms with Gasteiger partial charge in [0.15, 0.2) is 9.84 Å². The SMILES string of the molecule is CCCCCCNC(=O)C1CCCN(C(=O)CS(=O)(=O)Cc2ccc(C#N)cc2)C1. The Morgan fingerprint density at radius 3 is 2.60 bits per heavy atom. The van der Waals surface area contributed by atoms with Gasteiger partial charge in [-0.15, -0.1) is 0 Å². The number of carbonyl (C=O) groups excluding carboxylic acids is 2. The number of piperidine rings is 1. The molecule has 30 heavy (non-hydrogen) atoms. The van der Waals surface area contributed by atoms with E-state index < -0.39 is 21.5 Å². The third kappa shape index (κ3) is 7.79. The van der Waals surface area contributed by atoms with Crippen molar-refractivity contribution in [3.63, 3.8) is 0 Å². The normalized spacial score (nSPS) is 16.7. The van der Waals surface area contributed by atoms with Crippen molar-refractivity contribution in [1.29, 1.82) is 5.26 Å². The Kier molecular flexibility index (Phi) is 9.31. The van der Waals surface area contributed by atoms with Crippen LogP contribution in [0.5, 0.6) is 0 Å². The summed E-state index contributed by atoms with van der Waals surface area (Å²) in [6.45, 7) is 3.52. The van der Waals surface area contributed by atoms with E-state index in [1.807, 2.05) is 6.07 Å². The summed E-state index contributed by atoms with van der Waals surface area (Å²) < 4.78 is 24.9. The molecule has 1 fully saturated rings. The van der Waals surface area contributed by atoms with E-state index in [1.165, 1.54) is 4.90 Å². The van der Waals surface area contributed by atoms with Crippen molar-refractivity contribution in [2.45, 2.75) is 51.2 Å². The lowest BCUT2D eigenvalue weighted by Gasteiger charge is -2.32. The van der Waals surface area contributed by atoms with Crippen LogP contribution in [0, 0.1) is 17.2 Å². The van der Waals surface area contributed by atoms with Crippen molar-refractivity contribution in [3.8, 4) is 6.07 Å². The van der Waals surface area contributed by atoms with E-state index in [9.17, 15) is 18.0 Å². The molecule has 2 amide bonds. The zero-order chi connectivity index (χ0) is 22.0. The summed E-state index contributed by atoms with van der Waals surface area (Å²) in [5, 5.41) is 11.8. The molecule has 164 valence electrons.